The Morgan fingerprint density at radius 1 is 0.903 bits per heavy atom. The van der Waals surface area contributed by atoms with E-state index in [1.807, 2.05) is 13.0 Å². The zero-order chi connectivity index (χ0) is 43.5. The highest BCUT2D eigenvalue weighted by atomic mass is 16.5. The van der Waals surface area contributed by atoms with E-state index in [0.29, 0.717) is 51.1 Å². The highest BCUT2D eigenvalue weighted by molar-refractivity contribution is 5.99. The van der Waals surface area contributed by atoms with Crippen molar-refractivity contribution in [3.8, 4) is 11.4 Å². The Kier molecular flexibility index (Phi) is 12.8. The van der Waals surface area contributed by atoms with Gasteiger partial charge in [-0.2, -0.15) is 4.98 Å². The van der Waals surface area contributed by atoms with E-state index in [9.17, 15) is 14.4 Å². The minimum absolute atomic E-state index is 0.246. The zero-order valence-electron chi connectivity index (χ0n) is 37.4. The minimum Gasteiger partial charge on any atom is -0.494 e. The molecule has 3 N–H and O–H groups in total. The summed E-state index contributed by atoms with van der Waals surface area (Å²) in [6, 6.07) is 14.7. The van der Waals surface area contributed by atoms with Crippen molar-refractivity contribution in [3.63, 3.8) is 0 Å². The number of hydrogen-bond acceptors (Lipinski definition) is 9. The number of amides is 2. The molecule has 1 aliphatic heterocycles. The molecule has 62 heavy (non-hydrogen) atoms. The lowest BCUT2D eigenvalue weighted by atomic mass is 9.40. The average molecular weight is 843 g/mol. The molecule has 4 aromatic rings. The number of fused-ring (bicyclic) bond motifs is 1. The summed E-state index contributed by atoms with van der Waals surface area (Å²) in [6.45, 7) is 16.3. The summed E-state index contributed by atoms with van der Waals surface area (Å²) in [7, 11) is 1.66. The molecule has 2 unspecified atom stereocenters. The molecule has 3 heterocycles. The van der Waals surface area contributed by atoms with Gasteiger partial charge < -0.3 is 25.6 Å². The molecule has 0 radical (unpaired) electrons. The number of aromatic nitrogens is 3. The summed E-state index contributed by atoms with van der Waals surface area (Å²) < 4.78 is 7.36. The minimum atomic E-state index is -0.340. The molecule has 2 amide bonds. The topological polar surface area (TPSA) is 134 Å². The molecule has 2 aromatic heterocycles. The molecule has 4 bridgehead atoms. The molecule has 9 rings (SSSR count). The highest BCUT2D eigenvalue weighted by Gasteiger charge is 2.60. The molecule has 1 saturated heterocycles. The number of rotatable bonds is 18. The number of hydrogen-bond donors (Lipinski definition) is 3. The Labute approximate surface area is 366 Å². The lowest BCUT2D eigenvalue weighted by Gasteiger charge is -2.65. The van der Waals surface area contributed by atoms with Crippen molar-refractivity contribution in [2.75, 3.05) is 61.9 Å². The van der Waals surface area contributed by atoms with Crippen molar-refractivity contribution in [3.05, 3.63) is 83.3 Å². The summed E-state index contributed by atoms with van der Waals surface area (Å²) in [5, 5.41) is 10.1. The van der Waals surface area contributed by atoms with Crippen molar-refractivity contribution >= 4 is 45.9 Å². The van der Waals surface area contributed by atoms with Gasteiger partial charge in [0, 0.05) is 74.2 Å². The number of carbonyl (C=O) groups excluding carboxylic acids is 2. The van der Waals surface area contributed by atoms with Crippen LogP contribution in [0.1, 0.15) is 103 Å². The van der Waals surface area contributed by atoms with E-state index in [1.165, 1.54) is 81.3 Å². The van der Waals surface area contributed by atoms with E-state index in [-0.39, 0.29) is 16.9 Å². The van der Waals surface area contributed by atoms with Gasteiger partial charge in [0.15, 0.2) is 5.65 Å². The maximum atomic E-state index is 13.4. The lowest BCUT2D eigenvalue weighted by molar-refractivity contribution is -0.156. The van der Waals surface area contributed by atoms with Crippen LogP contribution in [-0.2, 0) is 9.59 Å². The molecule has 4 aliphatic carbocycles. The Hall–Kier alpha value is -5.23. The third-order valence-corrected chi connectivity index (χ3v) is 14.2. The van der Waals surface area contributed by atoms with E-state index in [4.69, 9.17) is 9.72 Å². The predicted molar refractivity (Wildman–Crippen MR) is 249 cm³/mol. The Morgan fingerprint density at radius 2 is 1.65 bits per heavy atom. The summed E-state index contributed by atoms with van der Waals surface area (Å²) >= 11 is 0. The van der Waals surface area contributed by atoms with Gasteiger partial charge in [-0.1, -0.05) is 52.2 Å². The number of anilines is 4. The van der Waals surface area contributed by atoms with Crippen molar-refractivity contribution in [2.45, 2.75) is 104 Å². The molecule has 0 spiro atoms. The SMILES string of the molecule is C=CC(=O)Nc1cccc(-n2c(=O)cc(C)c3cnc(Nc4ccc(N5CCN(CCCCCCCCNC(=O)CC67CC8C[C@@](C)(C6)C[C@](C)(C8)C7)CC5)cc4OC)nc32)c1. The zero-order valence-corrected chi connectivity index (χ0v) is 37.4. The quantitative estimate of drug-likeness (QED) is 0.0664. The molecule has 5 aliphatic rings. The fourth-order valence-corrected chi connectivity index (χ4v) is 12.5. The Balaban J connectivity index is 0.763. The number of pyridine rings is 1. The van der Waals surface area contributed by atoms with E-state index >= 15 is 0 Å². The second-order valence-electron chi connectivity index (χ2n) is 19.8. The van der Waals surface area contributed by atoms with Crippen molar-refractivity contribution in [2.24, 2.45) is 22.2 Å². The van der Waals surface area contributed by atoms with Gasteiger partial charge in [0.05, 0.1) is 18.5 Å². The predicted octanol–water partition coefficient (Wildman–Crippen LogP) is 8.93. The van der Waals surface area contributed by atoms with E-state index in [2.05, 4.69) is 63.3 Å². The van der Waals surface area contributed by atoms with Crippen LogP contribution < -0.4 is 31.1 Å². The summed E-state index contributed by atoms with van der Waals surface area (Å²) in [6.07, 6.45) is 18.8. The van der Waals surface area contributed by atoms with Crippen LogP contribution in [0.15, 0.2) is 72.2 Å². The van der Waals surface area contributed by atoms with Crippen LogP contribution in [0.25, 0.3) is 16.7 Å². The van der Waals surface area contributed by atoms with Gasteiger partial charge >= 0.3 is 0 Å². The smallest absolute Gasteiger partial charge is 0.257 e. The van der Waals surface area contributed by atoms with Crippen LogP contribution in [0.5, 0.6) is 5.75 Å². The maximum Gasteiger partial charge on any atom is 0.257 e. The van der Waals surface area contributed by atoms with Crippen LogP contribution in [0, 0.1) is 29.1 Å². The molecule has 12 nitrogen and oxygen atoms in total. The van der Waals surface area contributed by atoms with Crippen LogP contribution in [-0.4, -0.2) is 77.6 Å². The molecular weight excluding hydrogens is 777 g/mol. The molecule has 330 valence electrons. The van der Waals surface area contributed by atoms with Crippen LogP contribution in [0.2, 0.25) is 0 Å². The van der Waals surface area contributed by atoms with Gasteiger partial charge in [-0.25, -0.2) is 4.98 Å². The molecule has 2 aromatic carbocycles. The fourth-order valence-electron chi connectivity index (χ4n) is 12.5. The largest absolute Gasteiger partial charge is 0.494 e. The van der Waals surface area contributed by atoms with Gasteiger partial charge in [0.1, 0.15) is 5.75 Å². The fraction of sp³-hybridized carbons (Fsp3) is 0.540. The third kappa shape index (κ3) is 9.85. The number of ether oxygens (including phenoxy) is 1. The second kappa shape index (κ2) is 18.2. The number of benzene rings is 2. The van der Waals surface area contributed by atoms with Crippen LogP contribution in [0.4, 0.5) is 23.0 Å². The lowest BCUT2D eigenvalue weighted by Crippen LogP contribution is -2.56. The first kappa shape index (κ1) is 43.4. The van der Waals surface area contributed by atoms with E-state index < -0.39 is 0 Å². The number of aryl methyl sites for hydroxylation is 1. The number of carbonyl (C=O) groups is 2. The monoisotopic (exact) mass is 843 g/mol. The number of unbranched alkanes of at least 4 members (excludes halogenated alkanes) is 5. The number of nitrogens with one attached hydrogen (secondary N) is 3. The summed E-state index contributed by atoms with van der Waals surface area (Å²) in [5.74, 6) is 1.79. The number of methoxy groups -OCH3 is 1. The maximum absolute atomic E-state index is 13.4. The Morgan fingerprint density at radius 3 is 2.37 bits per heavy atom. The first-order valence-electron chi connectivity index (χ1n) is 23.0. The highest BCUT2D eigenvalue weighted by Crippen LogP contribution is 2.70. The van der Waals surface area contributed by atoms with Crippen LogP contribution in [0.3, 0.4) is 0 Å². The standard InChI is InChI=1S/C50H66N8O4/c1-6-43(59)53-37-14-13-15-39(25-37)58-45(61)24-35(2)40-31-52-47(55-46(40)58)54-41-17-16-38(26-42(41)62-5)57-22-20-56(21-23-57)19-12-10-8-7-9-11-18-51-44(60)30-50-29-36-27-48(3,33-50)32-49(4,28-36)34-50/h6,13-17,24-26,31,36H,1,7-12,18-23,27-30,32-34H2,2-5H3,(H,51,60)(H,53,59)(H,52,54,55)/t36?,48-,49+,50?. The summed E-state index contributed by atoms with van der Waals surface area (Å²) in [4.78, 5) is 52.8. The number of nitrogens with zero attached hydrogens (tertiary/aromatic N) is 5. The average Bonchev–Trinajstić information content (AvgIpc) is 3.22. The second-order valence-corrected chi connectivity index (χ2v) is 19.8. The van der Waals surface area contributed by atoms with Gasteiger partial charge in [-0.3, -0.25) is 23.9 Å². The van der Waals surface area contributed by atoms with E-state index in [0.717, 1.165) is 74.7 Å². The first-order chi connectivity index (χ1) is 29.8. The Bertz CT molecular complexity index is 2330. The molecule has 5 fully saturated rings. The first-order valence-corrected chi connectivity index (χ1v) is 23.0. The molecule has 4 saturated carbocycles. The van der Waals surface area contributed by atoms with Gasteiger partial charge in [-0.15, -0.1) is 0 Å². The molecule has 12 heteroatoms. The normalized spacial score (nSPS) is 24.3. The van der Waals surface area contributed by atoms with Crippen molar-refractivity contribution < 1.29 is 14.3 Å². The van der Waals surface area contributed by atoms with Crippen molar-refractivity contribution in [1.82, 2.24) is 24.8 Å². The third-order valence-electron chi connectivity index (χ3n) is 14.2. The van der Waals surface area contributed by atoms with Crippen molar-refractivity contribution in [1.29, 1.82) is 0 Å². The van der Waals surface area contributed by atoms with Gasteiger partial charge in [0.2, 0.25) is 17.8 Å². The summed E-state index contributed by atoms with van der Waals surface area (Å²) in [5.41, 5.74) is 5.06. The molecular formula is C50H66N8O4. The van der Waals surface area contributed by atoms with Gasteiger partial charge in [0.25, 0.3) is 5.56 Å². The van der Waals surface area contributed by atoms with Crippen LogP contribution >= 0.6 is 0 Å². The van der Waals surface area contributed by atoms with Gasteiger partial charge in [-0.05, 0) is 129 Å². The number of piperazine rings is 1. The molecule has 4 atom stereocenters. The van der Waals surface area contributed by atoms with E-state index in [1.54, 1.807) is 43.6 Å².